The van der Waals surface area contributed by atoms with E-state index in [0.717, 1.165) is 22.4 Å². The van der Waals surface area contributed by atoms with Crippen LogP contribution in [0.4, 0.5) is 5.69 Å². The topological polar surface area (TPSA) is 58.6 Å². The summed E-state index contributed by atoms with van der Waals surface area (Å²) in [6.45, 7) is 3.67. The van der Waals surface area contributed by atoms with Gasteiger partial charge in [-0.25, -0.2) is 0 Å². The van der Waals surface area contributed by atoms with Crippen LogP contribution >= 0.6 is 0 Å². The number of carbonyl (C=O) groups excluding carboxylic acids is 2. The van der Waals surface area contributed by atoms with Crippen molar-refractivity contribution in [2.75, 3.05) is 11.9 Å². The SMILES string of the molecule is Cc1ccc2c(c1)[C@H](c1ccccc1)N(C(=O)[C@H](C)Oc1ccccc1)CC(=O)N2. The fourth-order valence-electron chi connectivity index (χ4n) is 3.81. The molecule has 3 aromatic rings. The zero-order valence-electron chi connectivity index (χ0n) is 17.0. The predicted molar refractivity (Wildman–Crippen MR) is 116 cm³/mol. The van der Waals surface area contributed by atoms with Crippen molar-refractivity contribution in [3.8, 4) is 5.75 Å². The van der Waals surface area contributed by atoms with Gasteiger partial charge in [-0.3, -0.25) is 9.59 Å². The number of fused-ring (bicyclic) bond motifs is 1. The van der Waals surface area contributed by atoms with E-state index in [4.69, 9.17) is 4.74 Å². The molecule has 1 N–H and O–H groups in total. The summed E-state index contributed by atoms with van der Waals surface area (Å²) in [5.74, 6) is 0.154. The number of amides is 2. The molecule has 0 radical (unpaired) electrons. The number of anilines is 1. The summed E-state index contributed by atoms with van der Waals surface area (Å²) in [4.78, 5) is 27.8. The lowest BCUT2D eigenvalue weighted by Crippen LogP contribution is -2.45. The second-order valence-electron chi connectivity index (χ2n) is 7.49. The Morgan fingerprint density at radius 1 is 1.03 bits per heavy atom. The smallest absolute Gasteiger partial charge is 0.264 e. The molecule has 0 aliphatic carbocycles. The number of nitrogens with one attached hydrogen (secondary N) is 1. The number of para-hydroxylation sites is 1. The molecule has 0 aromatic heterocycles. The molecule has 3 aromatic carbocycles. The minimum atomic E-state index is -0.738. The fraction of sp³-hybridized carbons (Fsp3) is 0.200. The second-order valence-corrected chi connectivity index (χ2v) is 7.49. The number of nitrogens with zero attached hydrogens (tertiary/aromatic N) is 1. The van der Waals surface area contributed by atoms with E-state index in [0.29, 0.717) is 5.75 Å². The van der Waals surface area contributed by atoms with E-state index >= 15 is 0 Å². The highest BCUT2D eigenvalue weighted by Gasteiger charge is 2.36. The molecule has 152 valence electrons. The van der Waals surface area contributed by atoms with Crippen LogP contribution in [0.2, 0.25) is 0 Å². The molecular weight excluding hydrogens is 376 g/mol. The molecule has 0 saturated heterocycles. The van der Waals surface area contributed by atoms with Crippen LogP contribution in [0.1, 0.15) is 29.7 Å². The Morgan fingerprint density at radius 2 is 1.70 bits per heavy atom. The van der Waals surface area contributed by atoms with Crippen molar-refractivity contribution in [1.29, 1.82) is 0 Å². The maximum absolute atomic E-state index is 13.5. The number of rotatable bonds is 4. The first-order chi connectivity index (χ1) is 14.5. The first-order valence-electron chi connectivity index (χ1n) is 10.0. The molecule has 0 bridgehead atoms. The maximum Gasteiger partial charge on any atom is 0.264 e. The van der Waals surface area contributed by atoms with Gasteiger partial charge in [-0.05, 0) is 37.6 Å². The standard InChI is InChI=1S/C25H24N2O3/c1-17-13-14-22-21(15-17)24(19-9-5-3-6-10-19)27(16-23(28)26-22)25(29)18(2)30-20-11-7-4-8-12-20/h3-15,18,24H,16H2,1-2H3,(H,26,28)/t18-,24-/m0/s1. The van der Waals surface area contributed by atoms with E-state index in [1.165, 1.54) is 0 Å². The molecule has 2 atom stereocenters. The Kier molecular flexibility index (Phi) is 5.53. The highest BCUT2D eigenvalue weighted by Crippen LogP contribution is 2.36. The summed E-state index contributed by atoms with van der Waals surface area (Å²) in [5, 5.41) is 2.95. The van der Waals surface area contributed by atoms with E-state index in [1.54, 1.807) is 11.8 Å². The molecule has 2 amide bonds. The molecule has 0 fully saturated rings. The van der Waals surface area contributed by atoms with Gasteiger partial charge in [0.05, 0.1) is 6.04 Å². The molecule has 1 aliphatic rings. The molecule has 0 saturated carbocycles. The quantitative estimate of drug-likeness (QED) is 0.709. The number of hydrogen-bond acceptors (Lipinski definition) is 3. The highest BCUT2D eigenvalue weighted by atomic mass is 16.5. The van der Waals surface area contributed by atoms with Gasteiger partial charge in [0.1, 0.15) is 12.3 Å². The lowest BCUT2D eigenvalue weighted by atomic mass is 9.94. The Balaban J connectivity index is 1.75. The molecule has 1 aliphatic heterocycles. The maximum atomic E-state index is 13.5. The van der Waals surface area contributed by atoms with Gasteiger partial charge in [0, 0.05) is 11.3 Å². The van der Waals surface area contributed by atoms with Crippen LogP contribution in [-0.2, 0) is 9.59 Å². The molecule has 1 heterocycles. The third-order valence-electron chi connectivity index (χ3n) is 5.20. The third-order valence-corrected chi connectivity index (χ3v) is 5.20. The molecule has 0 spiro atoms. The number of hydrogen-bond donors (Lipinski definition) is 1. The van der Waals surface area contributed by atoms with Crippen molar-refractivity contribution in [1.82, 2.24) is 4.90 Å². The first-order valence-corrected chi connectivity index (χ1v) is 10.0. The number of ether oxygens (including phenoxy) is 1. The van der Waals surface area contributed by atoms with Crippen LogP contribution in [0.25, 0.3) is 0 Å². The zero-order valence-corrected chi connectivity index (χ0v) is 17.0. The van der Waals surface area contributed by atoms with E-state index in [2.05, 4.69) is 5.32 Å². The van der Waals surface area contributed by atoms with E-state index < -0.39 is 12.1 Å². The molecule has 5 heteroatoms. The van der Waals surface area contributed by atoms with Gasteiger partial charge in [0.2, 0.25) is 5.91 Å². The summed E-state index contributed by atoms with van der Waals surface area (Å²) >= 11 is 0. The van der Waals surface area contributed by atoms with E-state index in [9.17, 15) is 9.59 Å². The first kappa shape index (κ1) is 19.7. The lowest BCUT2D eigenvalue weighted by molar-refractivity contribution is -0.142. The number of aryl methyl sites for hydroxylation is 1. The monoisotopic (exact) mass is 400 g/mol. The number of benzene rings is 3. The Labute approximate surface area is 176 Å². The van der Waals surface area contributed by atoms with Crippen LogP contribution in [0.15, 0.2) is 78.9 Å². The van der Waals surface area contributed by atoms with Crippen LogP contribution in [0.5, 0.6) is 5.75 Å². The van der Waals surface area contributed by atoms with Crippen molar-refractivity contribution in [3.05, 3.63) is 95.6 Å². The summed E-state index contributed by atoms with van der Waals surface area (Å²) in [5.41, 5.74) is 3.63. The van der Waals surface area contributed by atoms with Gasteiger partial charge in [0.25, 0.3) is 5.91 Å². The Bertz CT molecular complexity index is 1050. The predicted octanol–water partition coefficient (Wildman–Crippen LogP) is 4.33. The van der Waals surface area contributed by atoms with Gasteiger partial charge < -0.3 is 15.0 Å². The van der Waals surface area contributed by atoms with Crippen LogP contribution in [0, 0.1) is 6.92 Å². The van der Waals surface area contributed by atoms with Crippen molar-refractivity contribution in [2.24, 2.45) is 0 Å². The summed E-state index contributed by atoms with van der Waals surface area (Å²) in [6, 6.07) is 24.5. The van der Waals surface area contributed by atoms with Crippen LogP contribution < -0.4 is 10.1 Å². The van der Waals surface area contributed by atoms with Crippen LogP contribution in [-0.4, -0.2) is 29.4 Å². The van der Waals surface area contributed by atoms with E-state index in [1.807, 2.05) is 85.8 Å². The zero-order chi connectivity index (χ0) is 21.1. The van der Waals surface area contributed by atoms with Crippen LogP contribution in [0.3, 0.4) is 0 Å². The molecule has 4 rings (SSSR count). The summed E-state index contributed by atoms with van der Waals surface area (Å²) in [6.07, 6.45) is -0.738. The highest BCUT2D eigenvalue weighted by molar-refractivity contribution is 5.97. The van der Waals surface area contributed by atoms with Gasteiger partial charge in [-0.2, -0.15) is 0 Å². The van der Waals surface area contributed by atoms with Crippen molar-refractivity contribution in [2.45, 2.75) is 26.0 Å². The van der Waals surface area contributed by atoms with Gasteiger partial charge in [-0.1, -0.05) is 66.2 Å². The number of carbonyl (C=O) groups is 2. The molecule has 0 unspecified atom stereocenters. The molecular formula is C25H24N2O3. The van der Waals surface area contributed by atoms with Gasteiger partial charge >= 0.3 is 0 Å². The average Bonchev–Trinajstić information content (AvgIpc) is 2.90. The summed E-state index contributed by atoms with van der Waals surface area (Å²) in [7, 11) is 0. The second kappa shape index (κ2) is 8.41. The normalized spacial score (nSPS) is 16.8. The fourth-order valence-corrected chi connectivity index (χ4v) is 3.81. The molecule has 30 heavy (non-hydrogen) atoms. The minimum absolute atomic E-state index is 0.0470. The largest absolute Gasteiger partial charge is 0.481 e. The average molecular weight is 400 g/mol. The Hall–Kier alpha value is -3.60. The van der Waals surface area contributed by atoms with Crippen molar-refractivity contribution >= 4 is 17.5 Å². The lowest BCUT2D eigenvalue weighted by Gasteiger charge is -2.32. The van der Waals surface area contributed by atoms with Crippen molar-refractivity contribution in [3.63, 3.8) is 0 Å². The summed E-state index contributed by atoms with van der Waals surface area (Å²) < 4.78 is 5.88. The molecule has 5 nitrogen and oxygen atoms in total. The van der Waals surface area contributed by atoms with E-state index in [-0.39, 0.29) is 18.4 Å². The van der Waals surface area contributed by atoms with Gasteiger partial charge in [-0.15, -0.1) is 0 Å². The van der Waals surface area contributed by atoms with Gasteiger partial charge in [0.15, 0.2) is 6.10 Å². The van der Waals surface area contributed by atoms with Crippen molar-refractivity contribution < 1.29 is 14.3 Å². The third kappa shape index (κ3) is 4.06. The minimum Gasteiger partial charge on any atom is -0.481 e. The Morgan fingerprint density at radius 3 is 2.40 bits per heavy atom.